The second-order valence-corrected chi connectivity index (χ2v) is 12.2. The van der Waals surface area contributed by atoms with Crippen molar-refractivity contribution >= 4 is 56.7 Å². The van der Waals surface area contributed by atoms with E-state index in [2.05, 4.69) is 17.1 Å². The first-order chi connectivity index (χ1) is 18.7. The minimum Gasteiger partial charge on any atom is -0.462 e. The van der Waals surface area contributed by atoms with Gasteiger partial charge in [0.05, 0.1) is 23.7 Å². The molecule has 0 spiro atoms. The molecule has 220 valence electrons. The molecule has 0 radical (unpaired) electrons. The fraction of sp³-hybridized carbons (Fsp3) is 0.500. The second-order valence-electron chi connectivity index (χ2n) is 9.12. The van der Waals surface area contributed by atoms with E-state index >= 15 is 0 Å². The van der Waals surface area contributed by atoms with Gasteiger partial charge in [0.1, 0.15) is 5.00 Å². The first-order valence-electron chi connectivity index (χ1n) is 13.1. The summed E-state index contributed by atoms with van der Waals surface area (Å²) >= 11 is 1.38. The van der Waals surface area contributed by atoms with Gasteiger partial charge in [0.15, 0.2) is 0 Å². The van der Waals surface area contributed by atoms with Crippen LogP contribution in [0.1, 0.15) is 51.9 Å². The van der Waals surface area contributed by atoms with Crippen LogP contribution in [0.2, 0.25) is 0 Å². The highest BCUT2D eigenvalue weighted by Crippen LogP contribution is 2.38. The third kappa shape index (κ3) is 6.77. The number of carbonyl (C=O) groups is 3. The average molecular weight is 615 g/mol. The number of likely N-dealkylation sites (N-methyl/N-ethyl adjacent to an activating group) is 1. The molecule has 11 nitrogen and oxygen atoms in total. The number of sulfonamides is 1. The SMILES string of the molecule is CCOC(=O)c1c(NC(=O)c2ccc(S(=O)(=O)N3CCN(C(=O)OCC)CC3)cc2)sc2c1CCN(CC)C2.Cl. The Kier molecular flexibility index (Phi) is 11.0. The van der Waals surface area contributed by atoms with Gasteiger partial charge in [-0.15, -0.1) is 23.7 Å². The van der Waals surface area contributed by atoms with E-state index < -0.39 is 28.0 Å². The van der Waals surface area contributed by atoms with Crippen LogP contribution < -0.4 is 5.32 Å². The smallest absolute Gasteiger partial charge is 0.409 e. The highest BCUT2D eigenvalue weighted by Gasteiger charge is 2.32. The van der Waals surface area contributed by atoms with Crippen molar-refractivity contribution < 1.29 is 32.3 Å². The van der Waals surface area contributed by atoms with Crippen LogP contribution in [0.5, 0.6) is 0 Å². The van der Waals surface area contributed by atoms with E-state index in [0.717, 1.165) is 23.5 Å². The summed E-state index contributed by atoms with van der Waals surface area (Å²) in [6.07, 6.45) is 0.245. The summed E-state index contributed by atoms with van der Waals surface area (Å²) in [4.78, 5) is 42.7. The third-order valence-electron chi connectivity index (χ3n) is 6.81. The van der Waals surface area contributed by atoms with E-state index in [9.17, 15) is 22.8 Å². The molecule has 4 rings (SSSR count). The number of ether oxygens (including phenoxy) is 2. The maximum Gasteiger partial charge on any atom is 0.409 e. The highest BCUT2D eigenvalue weighted by atomic mass is 35.5. The quantitative estimate of drug-likeness (QED) is 0.448. The number of amides is 2. The number of hydrogen-bond donors (Lipinski definition) is 1. The minimum absolute atomic E-state index is 0. The molecule has 0 saturated carbocycles. The molecule has 2 amide bonds. The summed E-state index contributed by atoms with van der Waals surface area (Å²) in [6.45, 7) is 9.23. The van der Waals surface area contributed by atoms with Gasteiger partial charge < -0.3 is 19.7 Å². The maximum absolute atomic E-state index is 13.1. The molecule has 1 N–H and O–H groups in total. The van der Waals surface area contributed by atoms with Crippen LogP contribution in [0.25, 0.3) is 0 Å². The van der Waals surface area contributed by atoms with Crippen LogP contribution in [-0.2, 0) is 32.5 Å². The molecule has 3 heterocycles. The Bertz CT molecular complexity index is 1320. The lowest BCUT2D eigenvalue weighted by atomic mass is 10.0. The molecule has 2 aliphatic heterocycles. The van der Waals surface area contributed by atoms with Gasteiger partial charge in [-0.3, -0.25) is 9.69 Å². The van der Waals surface area contributed by atoms with Crippen molar-refractivity contribution in [1.82, 2.24) is 14.1 Å². The maximum atomic E-state index is 13.1. The normalized spacial score (nSPS) is 16.0. The molecule has 0 unspecified atom stereocenters. The third-order valence-corrected chi connectivity index (χ3v) is 9.85. The number of piperazine rings is 1. The molecule has 0 bridgehead atoms. The minimum atomic E-state index is -3.80. The standard InChI is InChI=1S/C26H34N4O7S2.ClH/c1-4-28-12-11-20-21(17-28)38-24(22(20)25(32)36-5-2)27-23(31)18-7-9-19(10-8-18)39(34,35)30-15-13-29(14-16-30)26(33)37-6-3;/h7-10H,4-6,11-17H2,1-3H3,(H,27,31);1H. The molecule has 1 saturated heterocycles. The summed E-state index contributed by atoms with van der Waals surface area (Å²) in [5, 5.41) is 3.30. The Morgan fingerprint density at radius 1 is 0.950 bits per heavy atom. The molecular formula is C26H35ClN4O7S2. The topological polar surface area (TPSA) is 126 Å². The summed E-state index contributed by atoms with van der Waals surface area (Å²) in [5.74, 6) is -0.904. The van der Waals surface area contributed by atoms with Crippen LogP contribution in [0.4, 0.5) is 9.80 Å². The lowest BCUT2D eigenvalue weighted by Crippen LogP contribution is -2.50. The molecule has 0 aliphatic carbocycles. The second kappa shape index (κ2) is 13.8. The number of fused-ring (bicyclic) bond motifs is 1. The van der Waals surface area contributed by atoms with Crippen molar-refractivity contribution in [2.24, 2.45) is 0 Å². The number of benzene rings is 1. The van der Waals surface area contributed by atoms with Crippen molar-refractivity contribution in [3.8, 4) is 0 Å². The molecule has 0 atom stereocenters. The Labute approximate surface area is 244 Å². The van der Waals surface area contributed by atoms with Crippen LogP contribution in [0.3, 0.4) is 0 Å². The van der Waals surface area contributed by atoms with Crippen LogP contribution in [-0.4, -0.2) is 93.0 Å². The van der Waals surface area contributed by atoms with Gasteiger partial charge in [0, 0.05) is 49.7 Å². The Balaban J connectivity index is 0.00000441. The van der Waals surface area contributed by atoms with Gasteiger partial charge in [0.2, 0.25) is 10.0 Å². The van der Waals surface area contributed by atoms with Gasteiger partial charge in [0.25, 0.3) is 5.91 Å². The number of nitrogens with one attached hydrogen (secondary N) is 1. The summed E-state index contributed by atoms with van der Waals surface area (Å²) < 4.78 is 37.9. The van der Waals surface area contributed by atoms with Crippen molar-refractivity contribution in [2.75, 3.05) is 57.8 Å². The summed E-state index contributed by atoms with van der Waals surface area (Å²) in [5.41, 5.74) is 1.59. The zero-order chi connectivity index (χ0) is 28.2. The molecule has 1 fully saturated rings. The molecule has 1 aromatic carbocycles. The summed E-state index contributed by atoms with van der Waals surface area (Å²) in [6, 6.07) is 5.69. The number of halogens is 1. The molecule has 2 aliphatic rings. The van der Waals surface area contributed by atoms with E-state index in [1.165, 1.54) is 44.8 Å². The average Bonchev–Trinajstić information content (AvgIpc) is 3.30. The molecule has 2 aromatic rings. The fourth-order valence-corrected chi connectivity index (χ4v) is 7.36. The van der Waals surface area contributed by atoms with Crippen LogP contribution in [0, 0.1) is 0 Å². The van der Waals surface area contributed by atoms with E-state index in [-0.39, 0.29) is 62.3 Å². The van der Waals surface area contributed by atoms with Crippen LogP contribution in [0.15, 0.2) is 29.2 Å². The van der Waals surface area contributed by atoms with Crippen LogP contribution >= 0.6 is 23.7 Å². The van der Waals surface area contributed by atoms with Crippen molar-refractivity contribution in [2.45, 2.75) is 38.6 Å². The number of hydrogen-bond acceptors (Lipinski definition) is 9. The van der Waals surface area contributed by atoms with Gasteiger partial charge in [-0.05, 0) is 56.6 Å². The monoisotopic (exact) mass is 614 g/mol. The summed E-state index contributed by atoms with van der Waals surface area (Å²) in [7, 11) is -3.80. The van der Waals surface area contributed by atoms with Crippen molar-refractivity contribution in [1.29, 1.82) is 0 Å². The van der Waals surface area contributed by atoms with Gasteiger partial charge in [-0.2, -0.15) is 4.31 Å². The van der Waals surface area contributed by atoms with E-state index in [4.69, 9.17) is 9.47 Å². The van der Waals surface area contributed by atoms with Crippen molar-refractivity contribution in [3.05, 3.63) is 45.8 Å². The first-order valence-corrected chi connectivity index (χ1v) is 15.3. The van der Waals surface area contributed by atoms with Crippen molar-refractivity contribution in [3.63, 3.8) is 0 Å². The zero-order valence-corrected chi connectivity index (χ0v) is 25.3. The Morgan fingerprint density at radius 2 is 1.60 bits per heavy atom. The molecule has 40 heavy (non-hydrogen) atoms. The Morgan fingerprint density at radius 3 is 2.20 bits per heavy atom. The lowest BCUT2D eigenvalue weighted by molar-refractivity contribution is 0.0526. The van der Waals surface area contributed by atoms with E-state index in [1.807, 2.05) is 0 Å². The largest absolute Gasteiger partial charge is 0.462 e. The molecule has 1 aromatic heterocycles. The molecule has 14 heteroatoms. The number of thiophene rings is 1. The molecular weight excluding hydrogens is 580 g/mol. The highest BCUT2D eigenvalue weighted by molar-refractivity contribution is 7.89. The predicted molar refractivity (Wildman–Crippen MR) is 154 cm³/mol. The van der Waals surface area contributed by atoms with E-state index in [0.29, 0.717) is 23.5 Å². The predicted octanol–water partition coefficient (Wildman–Crippen LogP) is 3.44. The number of nitrogens with zero attached hydrogens (tertiary/aromatic N) is 3. The number of rotatable bonds is 8. The number of esters is 1. The van der Waals surface area contributed by atoms with Gasteiger partial charge in [-0.1, -0.05) is 6.92 Å². The first kappa shape index (κ1) is 31.8. The number of anilines is 1. The fourth-order valence-electron chi connectivity index (χ4n) is 4.66. The zero-order valence-electron chi connectivity index (χ0n) is 22.8. The number of carbonyl (C=O) groups excluding carboxylic acids is 3. The van der Waals surface area contributed by atoms with Gasteiger partial charge >= 0.3 is 12.1 Å². The van der Waals surface area contributed by atoms with Gasteiger partial charge in [-0.25, -0.2) is 18.0 Å². The Hall–Kier alpha value is -2.71. The lowest BCUT2D eigenvalue weighted by Gasteiger charge is -2.33. The van der Waals surface area contributed by atoms with E-state index in [1.54, 1.807) is 13.8 Å².